The van der Waals surface area contributed by atoms with Gasteiger partial charge in [-0.2, -0.15) is 0 Å². The molecular formula is C25H28N4O. The number of nitrogens with zero attached hydrogens (tertiary/aromatic N) is 3. The van der Waals surface area contributed by atoms with Gasteiger partial charge in [0.2, 0.25) is 0 Å². The third-order valence-corrected chi connectivity index (χ3v) is 6.18. The average Bonchev–Trinajstić information content (AvgIpc) is 3.06. The fraction of sp³-hybridized carbons (Fsp3) is 0.360. The number of anilines is 1. The Kier molecular flexibility index (Phi) is 5.26. The van der Waals surface area contributed by atoms with E-state index in [-0.39, 0.29) is 6.04 Å². The van der Waals surface area contributed by atoms with Gasteiger partial charge in [-0.15, -0.1) is 0 Å². The van der Waals surface area contributed by atoms with Gasteiger partial charge in [-0.1, -0.05) is 42.5 Å². The summed E-state index contributed by atoms with van der Waals surface area (Å²) in [4.78, 5) is 11.8. The van der Waals surface area contributed by atoms with E-state index in [1.807, 2.05) is 0 Å². The molecule has 1 atom stereocenters. The van der Waals surface area contributed by atoms with E-state index in [0.717, 1.165) is 56.5 Å². The van der Waals surface area contributed by atoms with Crippen molar-refractivity contribution in [3.63, 3.8) is 0 Å². The summed E-state index contributed by atoms with van der Waals surface area (Å²) in [7, 11) is 0. The maximum Gasteiger partial charge on any atom is 0.282 e. The number of amidine groups is 1. The number of para-hydroxylation sites is 1. The lowest BCUT2D eigenvalue weighted by Gasteiger charge is -2.23. The first kappa shape index (κ1) is 18.9. The normalized spacial score (nSPS) is 18.6. The predicted octanol–water partition coefficient (Wildman–Crippen LogP) is 4.22. The highest BCUT2D eigenvalue weighted by molar-refractivity contribution is 5.84. The van der Waals surface area contributed by atoms with Crippen LogP contribution in [0, 0.1) is 0 Å². The number of ether oxygens (including phenoxy) is 1. The van der Waals surface area contributed by atoms with Crippen LogP contribution in [0.2, 0.25) is 0 Å². The summed E-state index contributed by atoms with van der Waals surface area (Å²) in [5, 5.41) is 1.25. The number of fused-ring (bicyclic) bond motifs is 2. The van der Waals surface area contributed by atoms with Crippen molar-refractivity contribution in [3.8, 4) is 0 Å². The molecule has 2 aliphatic rings. The monoisotopic (exact) mass is 400 g/mol. The minimum absolute atomic E-state index is 0.194. The van der Waals surface area contributed by atoms with Gasteiger partial charge in [-0.25, -0.2) is 9.98 Å². The molecule has 5 rings (SSSR count). The minimum Gasteiger partial charge on any atom is -0.463 e. The first-order valence-electron chi connectivity index (χ1n) is 10.9. The molecule has 0 bridgehead atoms. The third-order valence-electron chi connectivity index (χ3n) is 6.18. The van der Waals surface area contributed by atoms with Crippen LogP contribution in [0.4, 0.5) is 5.82 Å². The zero-order valence-corrected chi connectivity index (χ0v) is 17.3. The summed E-state index contributed by atoms with van der Waals surface area (Å²) in [5.41, 5.74) is 11.0. The Hall–Kier alpha value is -3.08. The summed E-state index contributed by atoms with van der Waals surface area (Å²) < 4.78 is 5.29. The molecule has 30 heavy (non-hydrogen) atoms. The Bertz CT molecular complexity index is 1080. The molecule has 3 heterocycles. The quantitative estimate of drug-likeness (QED) is 0.696. The van der Waals surface area contributed by atoms with Gasteiger partial charge in [-0.3, -0.25) is 0 Å². The van der Waals surface area contributed by atoms with Gasteiger partial charge in [0.1, 0.15) is 12.4 Å². The second kappa shape index (κ2) is 8.34. The lowest BCUT2D eigenvalue weighted by Crippen LogP contribution is -2.23. The highest BCUT2D eigenvalue weighted by atomic mass is 16.5. The highest BCUT2D eigenvalue weighted by Gasteiger charge is 2.19. The van der Waals surface area contributed by atoms with Gasteiger partial charge < -0.3 is 15.4 Å². The van der Waals surface area contributed by atoms with Gasteiger partial charge in [0.25, 0.3) is 6.02 Å². The number of aromatic nitrogens is 1. The van der Waals surface area contributed by atoms with Gasteiger partial charge >= 0.3 is 0 Å². The highest BCUT2D eigenvalue weighted by Crippen LogP contribution is 2.28. The molecule has 0 amide bonds. The summed E-state index contributed by atoms with van der Waals surface area (Å²) >= 11 is 0. The molecular weight excluding hydrogens is 372 g/mol. The van der Waals surface area contributed by atoms with Crippen molar-refractivity contribution < 1.29 is 4.74 Å². The van der Waals surface area contributed by atoms with Crippen LogP contribution in [0.25, 0.3) is 10.9 Å². The molecule has 0 saturated heterocycles. The van der Waals surface area contributed by atoms with Crippen molar-refractivity contribution in [1.29, 1.82) is 0 Å². The molecule has 0 spiro atoms. The molecule has 0 saturated carbocycles. The van der Waals surface area contributed by atoms with Crippen LogP contribution in [0.15, 0.2) is 59.6 Å². The van der Waals surface area contributed by atoms with Crippen molar-refractivity contribution in [2.75, 3.05) is 18.1 Å². The van der Waals surface area contributed by atoms with Crippen LogP contribution < -0.4 is 10.6 Å². The summed E-state index contributed by atoms with van der Waals surface area (Å²) in [6, 6.07) is 20.1. The average molecular weight is 401 g/mol. The minimum atomic E-state index is 0.194. The Morgan fingerprint density at radius 3 is 2.77 bits per heavy atom. The molecule has 5 heteroatoms. The molecule has 1 aromatic heterocycles. The van der Waals surface area contributed by atoms with E-state index in [2.05, 4.69) is 64.5 Å². The number of hydrogen-bond donors (Lipinski definition) is 1. The Morgan fingerprint density at radius 1 is 1.07 bits per heavy atom. The molecule has 2 aliphatic heterocycles. The molecule has 0 radical (unpaired) electrons. The lowest BCUT2D eigenvalue weighted by molar-refractivity contribution is 0.306. The number of pyridine rings is 1. The van der Waals surface area contributed by atoms with Crippen molar-refractivity contribution in [1.82, 2.24) is 4.98 Å². The zero-order valence-electron chi connectivity index (χ0n) is 17.3. The van der Waals surface area contributed by atoms with Crippen molar-refractivity contribution >= 4 is 22.7 Å². The van der Waals surface area contributed by atoms with Crippen molar-refractivity contribution in [3.05, 3.63) is 71.3 Å². The number of rotatable bonds is 5. The van der Waals surface area contributed by atoms with E-state index >= 15 is 0 Å². The van der Waals surface area contributed by atoms with Gasteiger partial charge in [0, 0.05) is 18.5 Å². The van der Waals surface area contributed by atoms with E-state index in [9.17, 15) is 0 Å². The molecule has 0 fully saturated rings. The molecule has 5 nitrogen and oxygen atoms in total. The van der Waals surface area contributed by atoms with Crippen LogP contribution in [0.1, 0.15) is 36.0 Å². The molecule has 0 aliphatic carbocycles. The third kappa shape index (κ3) is 3.97. The summed E-state index contributed by atoms with van der Waals surface area (Å²) in [5.74, 6) is 1.09. The van der Waals surface area contributed by atoms with Gasteiger partial charge in [-0.05, 0) is 60.9 Å². The first-order valence-corrected chi connectivity index (χ1v) is 10.9. The summed E-state index contributed by atoms with van der Waals surface area (Å²) in [6.45, 7) is 2.57. The number of hydrogen-bond acceptors (Lipinski definition) is 5. The maximum absolute atomic E-state index is 5.65. The standard InChI is InChI=1S/C25H28N4O/c26-25-27-21(17-30-25)11-5-9-19-15-24(28-23-13-4-3-12-22(19)23)29-14-6-10-18-7-1-2-8-20(18)16-29/h1-4,7-8,12-13,15,21H,5-6,9-11,14,16-17H2,(H2,26,27)/t21-/m0/s1. The molecule has 2 N–H and O–H groups in total. The number of aliphatic imine (C=N–C) groups is 1. The number of aryl methyl sites for hydroxylation is 2. The second-order valence-electron chi connectivity index (χ2n) is 8.27. The zero-order chi connectivity index (χ0) is 20.3. The van der Waals surface area contributed by atoms with E-state index in [4.69, 9.17) is 15.5 Å². The van der Waals surface area contributed by atoms with Crippen LogP contribution in [-0.2, 0) is 24.1 Å². The number of nitrogens with two attached hydrogens (primary N) is 1. The van der Waals surface area contributed by atoms with Crippen LogP contribution in [0.5, 0.6) is 0 Å². The Morgan fingerprint density at radius 2 is 1.90 bits per heavy atom. The van der Waals surface area contributed by atoms with Crippen LogP contribution >= 0.6 is 0 Å². The number of benzene rings is 2. The van der Waals surface area contributed by atoms with Crippen LogP contribution in [0.3, 0.4) is 0 Å². The topological polar surface area (TPSA) is 63.7 Å². The fourth-order valence-electron chi connectivity index (χ4n) is 4.61. The van der Waals surface area contributed by atoms with Gasteiger partial charge in [0.15, 0.2) is 0 Å². The smallest absolute Gasteiger partial charge is 0.282 e. The Balaban J connectivity index is 1.40. The largest absolute Gasteiger partial charge is 0.463 e. The van der Waals surface area contributed by atoms with E-state index < -0.39 is 0 Å². The van der Waals surface area contributed by atoms with E-state index in [0.29, 0.717) is 12.6 Å². The molecule has 154 valence electrons. The van der Waals surface area contributed by atoms with E-state index in [1.165, 1.54) is 22.1 Å². The molecule has 2 aromatic carbocycles. The SMILES string of the molecule is NC1=N[C@@H](CCCc2cc(N3CCCc4ccccc4C3)nc3ccccc23)CO1. The summed E-state index contributed by atoms with van der Waals surface area (Å²) in [6.07, 6.45) is 5.35. The lowest BCUT2D eigenvalue weighted by atomic mass is 10.0. The molecule has 3 aromatic rings. The second-order valence-corrected chi connectivity index (χ2v) is 8.27. The first-order chi connectivity index (χ1) is 14.8. The molecule has 0 unspecified atom stereocenters. The van der Waals surface area contributed by atoms with Crippen molar-refractivity contribution in [2.24, 2.45) is 10.7 Å². The predicted molar refractivity (Wildman–Crippen MR) is 122 cm³/mol. The maximum atomic E-state index is 5.65. The van der Waals surface area contributed by atoms with Crippen molar-refractivity contribution in [2.45, 2.75) is 44.7 Å². The van der Waals surface area contributed by atoms with E-state index in [1.54, 1.807) is 0 Å². The van der Waals surface area contributed by atoms with Crippen LogP contribution in [-0.4, -0.2) is 30.2 Å². The Labute approximate surface area is 177 Å². The fourth-order valence-corrected chi connectivity index (χ4v) is 4.61. The van der Waals surface area contributed by atoms with Gasteiger partial charge in [0.05, 0.1) is 11.6 Å².